The van der Waals surface area contributed by atoms with Gasteiger partial charge in [-0.05, 0) is 49.7 Å². The monoisotopic (exact) mass is 549 g/mol. The second-order valence-corrected chi connectivity index (χ2v) is 9.65. The van der Waals surface area contributed by atoms with Gasteiger partial charge in [0.2, 0.25) is 11.8 Å². The molecule has 4 heterocycles. The fourth-order valence-electron chi connectivity index (χ4n) is 4.49. The lowest BCUT2D eigenvalue weighted by Gasteiger charge is -2.19. The summed E-state index contributed by atoms with van der Waals surface area (Å²) < 4.78 is 7.39. The normalized spacial score (nSPS) is 12.1. The third kappa shape index (κ3) is 5.28. The first-order chi connectivity index (χ1) is 20.0. The van der Waals surface area contributed by atoms with Crippen LogP contribution in [0.4, 0.5) is 17.5 Å². The predicted molar refractivity (Wildman–Crippen MR) is 155 cm³/mol. The standard InChI is InChI=1S/C29H27N9O3/c1-17(2)38-24-14-19(11-12-20(24)27(40)36-38)32-29-31-15-21(28-34-26(37-41-28)22-10-6-7-13-30-22)25(35-29)33-23(16-39)18-8-4-3-5-9-18/h3-15,17,23,39H,16H2,1-2H3,(H,36,40)(H2,31,32,33,35)/t23-/m1/s1. The molecule has 2 aromatic carbocycles. The van der Waals surface area contributed by atoms with Gasteiger partial charge >= 0.3 is 0 Å². The van der Waals surface area contributed by atoms with Crippen molar-refractivity contribution in [2.24, 2.45) is 0 Å². The zero-order valence-corrected chi connectivity index (χ0v) is 22.3. The minimum Gasteiger partial charge on any atom is -0.394 e. The number of aromatic nitrogens is 7. The first kappa shape index (κ1) is 25.9. The van der Waals surface area contributed by atoms with Crippen LogP contribution in [0.1, 0.15) is 31.5 Å². The Balaban J connectivity index is 1.38. The highest BCUT2D eigenvalue weighted by Gasteiger charge is 2.21. The number of rotatable bonds is 9. The summed E-state index contributed by atoms with van der Waals surface area (Å²) in [5.41, 5.74) is 3.21. The van der Waals surface area contributed by atoms with Crippen LogP contribution in [0.5, 0.6) is 0 Å². The summed E-state index contributed by atoms with van der Waals surface area (Å²) in [7, 11) is 0. The van der Waals surface area contributed by atoms with Gasteiger partial charge in [-0.25, -0.2) is 4.98 Å². The third-order valence-electron chi connectivity index (χ3n) is 6.53. The second kappa shape index (κ2) is 11.0. The van der Waals surface area contributed by atoms with E-state index in [9.17, 15) is 9.90 Å². The summed E-state index contributed by atoms with van der Waals surface area (Å²) in [6.45, 7) is 3.81. The van der Waals surface area contributed by atoms with E-state index in [2.05, 4.69) is 35.8 Å². The van der Waals surface area contributed by atoms with Gasteiger partial charge in [-0.15, -0.1) is 0 Å². The molecule has 0 aliphatic rings. The van der Waals surface area contributed by atoms with E-state index in [-0.39, 0.29) is 24.1 Å². The van der Waals surface area contributed by atoms with Crippen molar-refractivity contribution in [1.29, 1.82) is 0 Å². The van der Waals surface area contributed by atoms with Gasteiger partial charge in [0, 0.05) is 24.1 Å². The lowest BCUT2D eigenvalue weighted by Crippen LogP contribution is -2.17. The van der Waals surface area contributed by atoms with E-state index in [4.69, 9.17) is 9.51 Å². The quantitative estimate of drug-likeness (QED) is 0.199. The lowest BCUT2D eigenvalue weighted by atomic mass is 10.1. The molecule has 206 valence electrons. The number of aliphatic hydroxyl groups excluding tert-OH is 1. The molecule has 41 heavy (non-hydrogen) atoms. The molecule has 0 radical (unpaired) electrons. The Morgan fingerprint density at radius 1 is 1.02 bits per heavy atom. The van der Waals surface area contributed by atoms with Gasteiger partial charge in [-0.1, -0.05) is 41.6 Å². The molecule has 4 aromatic heterocycles. The maximum atomic E-state index is 12.4. The van der Waals surface area contributed by atoms with Crippen molar-refractivity contribution in [3.05, 3.63) is 95.0 Å². The van der Waals surface area contributed by atoms with E-state index in [0.29, 0.717) is 39.9 Å². The average Bonchev–Trinajstić information content (AvgIpc) is 3.62. The van der Waals surface area contributed by atoms with E-state index >= 15 is 0 Å². The number of pyridine rings is 1. The molecule has 0 bridgehead atoms. The van der Waals surface area contributed by atoms with Gasteiger partial charge in [0.05, 0.1) is 23.6 Å². The number of hydrogen-bond acceptors (Lipinski definition) is 10. The van der Waals surface area contributed by atoms with Crippen LogP contribution < -0.4 is 16.2 Å². The first-order valence-electron chi connectivity index (χ1n) is 13.1. The van der Waals surface area contributed by atoms with Crippen molar-refractivity contribution in [2.45, 2.75) is 25.9 Å². The number of H-pyrrole nitrogens is 1. The molecule has 4 N–H and O–H groups in total. The smallest absolute Gasteiger partial charge is 0.271 e. The van der Waals surface area contributed by atoms with Gasteiger partial charge < -0.3 is 20.3 Å². The van der Waals surface area contributed by atoms with Crippen LogP contribution in [0.25, 0.3) is 33.9 Å². The van der Waals surface area contributed by atoms with Crippen LogP contribution in [0.2, 0.25) is 0 Å². The van der Waals surface area contributed by atoms with Crippen molar-refractivity contribution < 1.29 is 9.63 Å². The summed E-state index contributed by atoms with van der Waals surface area (Å²) in [6, 6.07) is 20.0. The van der Waals surface area contributed by atoms with Crippen LogP contribution in [0.3, 0.4) is 0 Å². The van der Waals surface area contributed by atoms with E-state index < -0.39 is 6.04 Å². The van der Waals surface area contributed by atoms with Gasteiger partial charge in [0.15, 0.2) is 0 Å². The summed E-state index contributed by atoms with van der Waals surface area (Å²) in [6.07, 6.45) is 3.23. The topological polar surface area (TPSA) is 160 Å². The Kier molecular flexibility index (Phi) is 6.96. The molecule has 0 aliphatic carbocycles. The molecular formula is C29H27N9O3. The number of fused-ring (bicyclic) bond motifs is 1. The lowest BCUT2D eigenvalue weighted by molar-refractivity contribution is 0.276. The van der Waals surface area contributed by atoms with Gasteiger partial charge in [-0.3, -0.25) is 19.6 Å². The Hall–Kier alpha value is -5.36. The number of nitrogens with zero attached hydrogens (tertiary/aromatic N) is 6. The first-order valence-corrected chi connectivity index (χ1v) is 13.1. The molecule has 0 aliphatic heterocycles. The van der Waals surface area contributed by atoms with Crippen molar-refractivity contribution in [3.8, 4) is 23.0 Å². The Labute approximate surface area is 234 Å². The Bertz CT molecular complexity index is 1850. The van der Waals surface area contributed by atoms with Crippen LogP contribution in [-0.4, -0.2) is 46.6 Å². The van der Waals surface area contributed by atoms with Crippen molar-refractivity contribution in [1.82, 2.24) is 34.9 Å². The van der Waals surface area contributed by atoms with Crippen molar-refractivity contribution in [3.63, 3.8) is 0 Å². The summed E-state index contributed by atoms with van der Waals surface area (Å²) in [5, 5.41) is 24.3. The van der Waals surface area contributed by atoms with E-state index in [1.54, 1.807) is 36.7 Å². The molecule has 1 atom stereocenters. The molecule has 0 amide bonds. The number of nitrogens with one attached hydrogen (secondary N) is 3. The van der Waals surface area contributed by atoms with Crippen molar-refractivity contribution >= 4 is 28.4 Å². The fourth-order valence-corrected chi connectivity index (χ4v) is 4.49. The highest BCUT2D eigenvalue weighted by atomic mass is 16.5. The van der Waals surface area contributed by atoms with E-state index in [1.165, 1.54) is 0 Å². The minimum atomic E-state index is -0.465. The van der Waals surface area contributed by atoms with Gasteiger partial charge in [-0.2, -0.15) is 9.97 Å². The molecule has 0 unspecified atom stereocenters. The minimum absolute atomic E-state index is 0.0700. The predicted octanol–water partition coefficient (Wildman–Crippen LogP) is 4.70. The van der Waals surface area contributed by atoms with E-state index in [0.717, 1.165) is 11.1 Å². The SMILES string of the molecule is CC(C)n1[nH]c(=O)c2ccc(Nc3ncc(-c4nc(-c5ccccn5)no4)c(N[C@H](CO)c4ccccc4)n3)cc21. The third-order valence-corrected chi connectivity index (χ3v) is 6.53. The van der Waals surface area contributed by atoms with Crippen molar-refractivity contribution in [2.75, 3.05) is 17.2 Å². The molecule has 0 spiro atoms. The maximum Gasteiger partial charge on any atom is 0.271 e. The summed E-state index contributed by atoms with van der Waals surface area (Å²) in [5.74, 6) is 1.19. The summed E-state index contributed by atoms with van der Waals surface area (Å²) in [4.78, 5) is 30.4. The Morgan fingerprint density at radius 3 is 2.61 bits per heavy atom. The highest BCUT2D eigenvalue weighted by molar-refractivity contribution is 5.83. The molecular weight excluding hydrogens is 522 g/mol. The zero-order valence-electron chi connectivity index (χ0n) is 22.3. The fraction of sp³-hybridized carbons (Fsp3) is 0.172. The zero-order chi connectivity index (χ0) is 28.3. The number of aliphatic hydroxyl groups is 1. The van der Waals surface area contributed by atoms with E-state index in [1.807, 2.05) is 61.0 Å². The van der Waals surface area contributed by atoms with Crippen LogP contribution in [0, 0.1) is 0 Å². The molecule has 0 fully saturated rings. The molecule has 6 rings (SSSR count). The maximum absolute atomic E-state index is 12.4. The van der Waals surface area contributed by atoms with Gasteiger partial charge in [0.25, 0.3) is 11.4 Å². The van der Waals surface area contributed by atoms with Crippen LogP contribution in [-0.2, 0) is 0 Å². The molecule has 12 nitrogen and oxygen atoms in total. The number of aromatic amines is 1. The molecule has 12 heteroatoms. The van der Waals surface area contributed by atoms with Crippen LogP contribution in [0.15, 0.2) is 88.4 Å². The number of benzene rings is 2. The molecule has 0 saturated carbocycles. The largest absolute Gasteiger partial charge is 0.394 e. The summed E-state index contributed by atoms with van der Waals surface area (Å²) >= 11 is 0. The number of hydrogen-bond donors (Lipinski definition) is 4. The second-order valence-electron chi connectivity index (χ2n) is 9.65. The molecule has 0 saturated heterocycles. The van der Waals surface area contributed by atoms with Crippen LogP contribution >= 0.6 is 0 Å². The molecule has 6 aromatic rings. The van der Waals surface area contributed by atoms with Gasteiger partial charge in [0.1, 0.15) is 17.1 Å². The average molecular weight is 550 g/mol. The number of anilines is 3. The highest BCUT2D eigenvalue weighted by Crippen LogP contribution is 2.31. The Morgan fingerprint density at radius 2 is 1.85 bits per heavy atom.